The van der Waals surface area contributed by atoms with Crippen molar-refractivity contribution in [2.75, 3.05) is 0 Å². The van der Waals surface area contributed by atoms with E-state index < -0.39 is 11.8 Å². The minimum atomic E-state index is -0.731. The van der Waals surface area contributed by atoms with Crippen LogP contribution in [-0.2, 0) is 11.8 Å². The summed E-state index contributed by atoms with van der Waals surface area (Å²) >= 11 is 1.42. The number of hydrogen-bond donors (Lipinski definition) is 2. The molecular formula is C23H18N4O3S. The lowest BCUT2D eigenvalue weighted by atomic mass is 10.2. The Balaban J connectivity index is 1.65. The SMILES string of the molecule is Cn1c(O)c(N=NC(=O)/C(=C/c2cccs2)NC(=O)c2ccccc2)c2ccccc21. The average Bonchev–Trinajstić information content (AvgIpc) is 3.39. The largest absolute Gasteiger partial charge is 0.493 e. The van der Waals surface area contributed by atoms with Gasteiger partial charge in [0.2, 0.25) is 5.88 Å². The molecule has 2 aromatic carbocycles. The molecule has 0 spiro atoms. The van der Waals surface area contributed by atoms with E-state index in [2.05, 4.69) is 15.5 Å². The van der Waals surface area contributed by atoms with Gasteiger partial charge in [0, 0.05) is 22.9 Å². The lowest BCUT2D eigenvalue weighted by Gasteiger charge is -2.06. The van der Waals surface area contributed by atoms with Gasteiger partial charge in [0.05, 0.1) is 5.52 Å². The summed E-state index contributed by atoms with van der Waals surface area (Å²) in [5, 5.41) is 23.3. The summed E-state index contributed by atoms with van der Waals surface area (Å²) in [6.45, 7) is 0. The van der Waals surface area contributed by atoms with Crippen molar-refractivity contribution in [1.82, 2.24) is 9.88 Å². The number of aromatic hydroxyl groups is 1. The summed E-state index contributed by atoms with van der Waals surface area (Å²) < 4.78 is 1.56. The van der Waals surface area contributed by atoms with Gasteiger partial charge in [-0.05, 0) is 35.7 Å². The Kier molecular flexibility index (Phi) is 5.72. The zero-order chi connectivity index (χ0) is 21.8. The van der Waals surface area contributed by atoms with Crippen molar-refractivity contribution in [1.29, 1.82) is 0 Å². The number of fused-ring (bicyclic) bond motifs is 1. The zero-order valence-electron chi connectivity index (χ0n) is 16.5. The fraction of sp³-hybridized carbons (Fsp3) is 0.0435. The molecule has 0 unspecified atom stereocenters. The molecule has 0 radical (unpaired) electrons. The number of nitrogens with one attached hydrogen (secondary N) is 1. The highest BCUT2D eigenvalue weighted by molar-refractivity contribution is 7.10. The second-order valence-corrected chi connectivity index (χ2v) is 7.63. The van der Waals surface area contributed by atoms with Crippen LogP contribution in [-0.4, -0.2) is 21.5 Å². The first kappa shape index (κ1) is 20.2. The summed E-state index contributed by atoms with van der Waals surface area (Å²) in [6, 6.07) is 19.5. The molecule has 4 aromatic rings. The normalized spacial score (nSPS) is 11.8. The smallest absolute Gasteiger partial charge is 0.311 e. The molecule has 4 rings (SSSR count). The van der Waals surface area contributed by atoms with E-state index in [0.717, 1.165) is 10.4 Å². The molecule has 7 nitrogen and oxygen atoms in total. The van der Waals surface area contributed by atoms with E-state index in [4.69, 9.17) is 0 Å². The Bertz CT molecular complexity index is 1310. The molecule has 0 aliphatic carbocycles. The van der Waals surface area contributed by atoms with Gasteiger partial charge >= 0.3 is 5.91 Å². The number of carbonyl (C=O) groups is 2. The minimum Gasteiger partial charge on any atom is -0.493 e. The summed E-state index contributed by atoms with van der Waals surface area (Å²) in [6.07, 6.45) is 1.55. The maximum atomic E-state index is 12.8. The molecule has 0 atom stereocenters. The number of thiophene rings is 1. The summed E-state index contributed by atoms with van der Waals surface area (Å²) in [5.41, 5.74) is 1.35. The molecule has 31 heavy (non-hydrogen) atoms. The molecule has 2 amide bonds. The van der Waals surface area contributed by atoms with Gasteiger partial charge in [-0.2, -0.15) is 0 Å². The molecule has 2 N–H and O–H groups in total. The molecule has 0 aliphatic rings. The van der Waals surface area contributed by atoms with Gasteiger partial charge < -0.3 is 15.0 Å². The van der Waals surface area contributed by atoms with Crippen LogP contribution >= 0.6 is 11.3 Å². The molecule has 2 aromatic heterocycles. The van der Waals surface area contributed by atoms with Crippen LogP contribution in [0, 0.1) is 0 Å². The maximum Gasteiger partial charge on any atom is 0.311 e. The van der Waals surface area contributed by atoms with Crippen LogP contribution in [0.4, 0.5) is 5.69 Å². The number of benzene rings is 2. The fourth-order valence-electron chi connectivity index (χ4n) is 3.06. The first-order valence-corrected chi connectivity index (χ1v) is 10.3. The van der Waals surface area contributed by atoms with Crippen molar-refractivity contribution < 1.29 is 14.7 Å². The highest BCUT2D eigenvalue weighted by Crippen LogP contribution is 2.37. The molecule has 2 heterocycles. The number of para-hydroxylation sites is 1. The molecule has 8 heteroatoms. The van der Waals surface area contributed by atoms with Crippen molar-refractivity contribution >= 4 is 45.8 Å². The van der Waals surface area contributed by atoms with Crippen molar-refractivity contribution in [2.24, 2.45) is 17.3 Å². The topological polar surface area (TPSA) is 96.0 Å². The van der Waals surface area contributed by atoms with E-state index in [9.17, 15) is 14.7 Å². The third-order valence-corrected chi connectivity index (χ3v) is 5.45. The number of hydrogen-bond acceptors (Lipinski definition) is 5. The second-order valence-electron chi connectivity index (χ2n) is 6.65. The van der Waals surface area contributed by atoms with Crippen LogP contribution < -0.4 is 5.32 Å². The third kappa shape index (κ3) is 4.29. The van der Waals surface area contributed by atoms with Crippen LogP contribution in [0.5, 0.6) is 5.88 Å². The number of azo groups is 1. The van der Waals surface area contributed by atoms with E-state index in [0.29, 0.717) is 10.9 Å². The van der Waals surface area contributed by atoms with E-state index in [1.807, 2.05) is 35.7 Å². The number of nitrogens with zero attached hydrogens (tertiary/aromatic N) is 3. The monoisotopic (exact) mass is 430 g/mol. The van der Waals surface area contributed by atoms with Gasteiger partial charge in [0.25, 0.3) is 5.91 Å². The van der Waals surface area contributed by atoms with Crippen LogP contribution in [0.25, 0.3) is 17.0 Å². The number of amides is 2. The van der Waals surface area contributed by atoms with Crippen LogP contribution in [0.2, 0.25) is 0 Å². The average molecular weight is 430 g/mol. The number of aromatic nitrogens is 1. The molecule has 0 saturated heterocycles. The van der Waals surface area contributed by atoms with Crippen LogP contribution in [0.1, 0.15) is 15.2 Å². The lowest BCUT2D eigenvalue weighted by molar-refractivity contribution is -0.115. The third-order valence-electron chi connectivity index (χ3n) is 4.64. The van der Waals surface area contributed by atoms with Crippen LogP contribution in [0.15, 0.2) is 88.0 Å². The first-order valence-electron chi connectivity index (χ1n) is 9.38. The predicted molar refractivity (Wildman–Crippen MR) is 120 cm³/mol. The lowest BCUT2D eigenvalue weighted by Crippen LogP contribution is -2.26. The molecular weight excluding hydrogens is 412 g/mol. The summed E-state index contributed by atoms with van der Waals surface area (Å²) in [5.74, 6) is -1.26. The second kappa shape index (κ2) is 8.76. The Hall–Kier alpha value is -4.04. The summed E-state index contributed by atoms with van der Waals surface area (Å²) in [4.78, 5) is 26.2. The summed E-state index contributed by atoms with van der Waals surface area (Å²) in [7, 11) is 1.70. The first-order chi connectivity index (χ1) is 15.0. The molecule has 0 fully saturated rings. The fourth-order valence-corrected chi connectivity index (χ4v) is 3.72. The van der Waals surface area contributed by atoms with Crippen LogP contribution in [0.3, 0.4) is 0 Å². The van der Waals surface area contributed by atoms with E-state index in [1.54, 1.807) is 54.1 Å². The standard InChI is InChI=1S/C23H18N4O3S/c1-27-19-12-6-5-11-17(19)20(23(27)30)25-26-22(29)18(14-16-10-7-13-31-16)24-21(28)15-8-3-2-4-9-15/h2-14,30H,1H3,(H,24,28)/b18-14-,26-25?. The van der Waals surface area contributed by atoms with Gasteiger partial charge in [0.1, 0.15) is 5.70 Å². The Morgan fingerprint density at radius 2 is 1.77 bits per heavy atom. The van der Waals surface area contributed by atoms with Crippen molar-refractivity contribution in [2.45, 2.75) is 0 Å². The Morgan fingerprint density at radius 1 is 1.03 bits per heavy atom. The van der Waals surface area contributed by atoms with Crippen molar-refractivity contribution in [3.8, 4) is 5.88 Å². The minimum absolute atomic E-state index is 0.0141. The van der Waals surface area contributed by atoms with Gasteiger partial charge in [-0.1, -0.05) is 42.5 Å². The number of rotatable bonds is 5. The van der Waals surface area contributed by atoms with Crippen molar-refractivity contribution in [3.63, 3.8) is 0 Å². The van der Waals surface area contributed by atoms with E-state index >= 15 is 0 Å². The molecule has 0 saturated carbocycles. The van der Waals surface area contributed by atoms with Gasteiger partial charge in [-0.15, -0.1) is 21.6 Å². The van der Waals surface area contributed by atoms with Crippen molar-refractivity contribution in [3.05, 3.63) is 88.2 Å². The maximum absolute atomic E-state index is 12.8. The number of aryl methyl sites for hydroxylation is 1. The molecule has 0 bridgehead atoms. The number of carbonyl (C=O) groups excluding carboxylic acids is 2. The van der Waals surface area contributed by atoms with Gasteiger partial charge in [-0.3, -0.25) is 9.59 Å². The molecule has 0 aliphatic heterocycles. The van der Waals surface area contributed by atoms with E-state index in [-0.39, 0.29) is 17.3 Å². The zero-order valence-corrected chi connectivity index (χ0v) is 17.3. The van der Waals surface area contributed by atoms with Gasteiger partial charge in [0.15, 0.2) is 5.69 Å². The highest BCUT2D eigenvalue weighted by Gasteiger charge is 2.17. The quantitative estimate of drug-likeness (QED) is 0.343. The van der Waals surface area contributed by atoms with Gasteiger partial charge in [-0.25, -0.2) is 0 Å². The van der Waals surface area contributed by atoms with E-state index in [1.165, 1.54) is 11.3 Å². The highest BCUT2D eigenvalue weighted by atomic mass is 32.1. The Morgan fingerprint density at radius 3 is 2.52 bits per heavy atom. The Labute approximate surface area is 182 Å². The predicted octanol–water partition coefficient (Wildman–Crippen LogP) is 5.03. The molecule has 154 valence electrons.